The number of halogens is 3. The van der Waals surface area contributed by atoms with Gasteiger partial charge in [-0.2, -0.15) is 13.2 Å². The van der Waals surface area contributed by atoms with Crippen LogP contribution in [0.1, 0.15) is 30.9 Å². The number of rotatable bonds is 5. The van der Waals surface area contributed by atoms with E-state index in [1.54, 1.807) is 7.11 Å². The SMILES string of the molecule is COCc1ccc(CN2C[C@H](NC(C)=O)CC[C@H]2C(F)(F)F)cc1. The smallest absolute Gasteiger partial charge is 0.380 e. The molecule has 0 saturated carbocycles. The third-order valence-corrected chi connectivity index (χ3v) is 4.19. The molecule has 1 aliphatic heterocycles. The zero-order valence-corrected chi connectivity index (χ0v) is 13.9. The summed E-state index contributed by atoms with van der Waals surface area (Å²) in [4.78, 5) is 12.6. The van der Waals surface area contributed by atoms with Crippen molar-refractivity contribution in [2.75, 3.05) is 13.7 Å². The first-order chi connectivity index (χ1) is 11.3. The lowest BCUT2D eigenvalue weighted by molar-refractivity contribution is -0.194. The third kappa shape index (κ3) is 5.21. The molecular formula is C17H23F3N2O2. The molecule has 2 atom stereocenters. The van der Waals surface area contributed by atoms with E-state index in [-0.39, 0.29) is 31.5 Å². The summed E-state index contributed by atoms with van der Waals surface area (Å²) in [5.74, 6) is -0.214. The summed E-state index contributed by atoms with van der Waals surface area (Å²) in [6.07, 6.45) is -3.93. The second-order valence-corrected chi connectivity index (χ2v) is 6.21. The predicted octanol–water partition coefficient (Wildman–Crippen LogP) is 2.86. The Kier molecular flexibility index (Phi) is 6.23. The third-order valence-electron chi connectivity index (χ3n) is 4.19. The average Bonchev–Trinajstić information content (AvgIpc) is 2.48. The Morgan fingerprint density at radius 2 is 1.88 bits per heavy atom. The maximum Gasteiger partial charge on any atom is 0.404 e. The van der Waals surface area contributed by atoms with E-state index < -0.39 is 12.2 Å². The van der Waals surface area contributed by atoms with Crippen LogP contribution in [0.25, 0.3) is 0 Å². The van der Waals surface area contributed by atoms with Crippen LogP contribution in [0.3, 0.4) is 0 Å². The van der Waals surface area contributed by atoms with Crippen molar-refractivity contribution in [2.45, 2.75) is 51.2 Å². The molecule has 134 valence electrons. The summed E-state index contributed by atoms with van der Waals surface area (Å²) < 4.78 is 44.9. The van der Waals surface area contributed by atoms with Gasteiger partial charge < -0.3 is 10.1 Å². The van der Waals surface area contributed by atoms with Crippen molar-refractivity contribution in [2.24, 2.45) is 0 Å². The van der Waals surface area contributed by atoms with Gasteiger partial charge >= 0.3 is 6.18 Å². The monoisotopic (exact) mass is 344 g/mol. The zero-order chi connectivity index (χ0) is 17.7. The van der Waals surface area contributed by atoms with Crippen LogP contribution in [-0.4, -0.2) is 42.7 Å². The molecule has 1 fully saturated rings. The molecule has 0 aliphatic carbocycles. The summed E-state index contributed by atoms with van der Waals surface area (Å²) in [6.45, 7) is 2.26. The molecule has 0 aromatic heterocycles. The van der Waals surface area contributed by atoms with Crippen molar-refractivity contribution in [1.29, 1.82) is 0 Å². The van der Waals surface area contributed by atoms with E-state index >= 15 is 0 Å². The predicted molar refractivity (Wildman–Crippen MR) is 84.2 cm³/mol. The van der Waals surface area contributed by atoms with E-state index in [4.69, 9.17) is 4.74 Å². The number of methoxy groups -OCH3 is 1. The van der Waals surface area contributed by atoms with E-state index in [1.165, 1.54) is 11.8 Å². The molecule has 4 nitrogen and oxygen atoms in total. The first-order valence-electron chi connectivity index (χ1n) is 7.94. The topological polar surface area (TPSA) is 41.6 Å². The van der Waals surface area contributed by atoms with Crippen molar-refractivity contribution >= 4 is 5.91 Å². The molecule has 24 heavy (non-hydrogen) atoms. The van der Waals surface area contributed by atoms with Gasteiger partial charge in [-0.25, -0.2) is 0 Å². The van der Waals surface area contributed by atoms with Gasteiger partial charge in [0.25, 0.3) is 0 Å². The van der Waals surface area contributed by atoms with Crippen LogP contribution < -0.4 is 5.32 Å². The number of carbonyl (C=O) groups excluding carboxylic acids is 1. The zero-order valence-electron chi connectivity index (χ0n) is 13.9. The quantitative estimate of drug-likeness (QED) is 0.893. The minimum absolute atomic E-state index is 0.00376. The molecule has 1 N–H and O–H groups in total. The molecule has 0 spiro atoms. The fraction of sp³-hybridized carbons (Fsp3) is 0.588. The highest BCUT2D eigenvalue weighted by Gasteiger charge is 2.46. The minimum atomic E-state index is -4.27. The lowest BCUT2D eigenvalue weighted by Gasteiger charge is -2.40. The average molecular weight is 344 g/mol. The molecule has 0 radical (unpaired) electrons. The van der Waals surface area contributed by atoms with Gasteiger partial charge in [0.05, 0.1) is 6.61 Å². The summed E-state index contributed by atoms with van der Waals surface area (Å²) in [5.41, 5.74) is 1.79. The van der Waals surface area contributed by atoms with E-state index in [9.17, 15) is 18.0 Å². The number of benzene rings is 1. The van der Waals surface area contributed by atoms with Crippen LogP contribution in [0.2, 0.25) is 0 Å². The largest absolute Gasteiger partial charge is 0.404 e. The second kappa shape index (κ2) is 7.98. The maximum atomic E-state index is 13.3. The highest BCUT2D eigenvalue weighted by molar-refractivity contribution is 5.73. The number of carbonyl (C=O) groups is 1. The first-order valence-corrected chi connectivity index (χ1v) is 7.94. The van der Waals surface area contributed by atoms with Gasteiger partial charge in [-0.3, -0.25) is 9.69 Å². The van der Waals surface area contributed by atoms with Gasteiger partial charge in [0.15, 0.2) is 0 Å². The molecule has 7 heteroatoms. The summed E-state index contributed by atoms with van der Waals surface area (Å²) >= 11 is 0. The highest BCUT2D eigenvalue weighted by Crippen LogP contribution is 2.33. The lowest BCUT2D eigenvalue weighted by Crippen LogP contribution is -2.55. The van der Waals surface area contributed by atoms with Gasteiger partial charge in [0.1, 0.15) is 6.04 Å². The van der Waals surface area contributed by atoms with E-state index in [0.29, 0.717) is 13.0 Å². The summed E-state index contributed by atoms with van der Waals surface area (Å²) in [6, 6.07) is 5.65. The van der Waals surface area contributed by atoms with E-state index in [2.05, 4.69) is 5.32 Å². The Morgan fingerprint density at radius 3 is 2.42 bits per heavy atom. The number of hydrogen-bond donors (Lipinski definition) is 1. The van der Waals surface area contributed by atoms with Gasteiger partial charge in [-0.1, -0.05) is 24.3 Å². The van der Waals surface area contributed by atoms with Gasteiger partial charge in [0.2, 0.25) is 5.91 Å². The summed E-state index contributed by atoms with van der Waals surface area (Å²) in [5, 5.41) is 2.73. The van der Waals surface area contributed by atoms with Crippen molar-refractivity contribution in [3.63, 3.8) is 0 Å². The van der Waals surface area contributed by atoms with Crippen LogP contribution in [0, 0.1) is 0 Å². The van der Waals surface area contributed by atoms with Crippen molar-refractivity contribution < 1.29 is 22.7 Å². The fourth-order valence-electron chi connectivity index (χ4n) is 3.14. The van der Waals surface area contributed by atoms with Crippen LogP contribution in [0.4, 0.5) is 13.2 Å². The Balaban J connectivity index is 2.09. The Bertz CT molecular complexity index is 546. The van der Waals surface area contributed by atoms with Crippen LogP contribution in [0.5, 0.6) is 0 Å². The number of hydrogen-bond acceptors (Lipinski definition) is 3. The molecule has 2 rings (SSSR count). The molecule has 1 aromatic rings. The molecule has 1 saturated heterocycles. The minimum Gasteiger partial charge on any atom is -0.380 e. The normalized spacial score (nSPS) is 22.4. The Morgan fingerprint density at radius 1 is 1.25 bits per heavy atom. The summed E-state index contributed by atoms with van der Waals surface area (Å²) in [7, 11) is 1.59. The van der Waals surface area contributed by atoms with Gasteiger partial charge in [-0.15, -0.1) is 0 Å². The number of piperidine rings is 1. The molecule has 1 aliphatic rings. The van der Waals surface area contributed by atoms with Crippen LogP contribution in [-0.2, 0) is 22.7 Å². The van der Waals surface area contributed by atoms with Gasteiger partial charge in [0, 0.05) is 33.2 Å². The van der Waals surface area contributed by atoms with Gasteiger partial charge in [-0.05, 0) is 24.0 Å². The van der Waals surface area contributed by atoms with Crippen LogP contribution in [0.15, 0.2) is 24.3 Å². The number of likely N-dealkylation sites (tertiary alicyclic amines) is 1. The van der Waals surface area contributed by atoms with Crippen molar-refractivity contribution in [3.05, 3.63) is 35.4 Å². The molecule has 1 aromatic carbocycles. The molecule has 0 bridgehead atoms. The molecular weight excluding hydrogens is 321 g/mol. The van der Waals surface area contributed by atoms with Crippen molar-refractivity contribution in [3.8, 4) is 0 Å². The number of amides is 1. The number of alkyl halides is 3. The van der Waals surface area contributed by atoms with Crippen molar-refractivity contribution in [1.82, 2.24) is 10.2 Å². The highest BCUT2D eigenvalue weighted by atomic mass is 19.4. The fourth-order valence-corrected chi connectivity index (χ4v) is 3.14. The Hall–Kier alpha value is -1.60. The number of nitrogens with one attached hydrogen (secondary N) is 1. The molecule has 1 amide bonds. The van der Waals surface area contributed by atoms with Crippen LogP contribution >= 0.6 is 0 Å². The second-order valence-electron chi connectivity index (χ2n) is 6.21. The van der Waals surface area contributed by atoms with E-state index in [0.717, 1.165) is 11.1 Å². The number of nitrogens with zero attached hydrogens (tertiary/aromatic N) is 1. The molecule has 1 heterocycles. The standard InChI is InChI=1S/C17H23F3N2O2/c1-12(23)21-15-7-8-16(17(18,19)20)22(10-15)9-13-3-5-14(6-4-13)11-24-2/h3-6,15-16H,7-11H2,1-2H3,(H,21,23)/t15-,16+/m1/s1. The number of ether oxygens (including phenoxy) is 1. The molecule has 0 unspecified atom stereocenters. The lowest BCUT2D eigenvalue weighted by atomic mass is 9.96. The maximum absolute atomic E-state index is 13.3. The first kappa shape index (κ1) is 18.7. The van der Waals surface area contributed by atoms with E-state index in [1.807, 2.05) is 24.3 Å². The Labute approximate surface area is 140 Å².